The van der Waals surface area contributed by atoms with Gasteiger partial charge in [0, 0.05) is 25.9 Å². The minimum absolute atomic E-state index is 0.230. The molecule has 2 nitrogen and oxygen atoms in total. The fourth-order valence-electron chi connectivity index (χ4n) is 2.20. The number of rotatable bonds is 6. The van der Waals surface area contributed by atoms with E-state index in [1.165, 1.54) is 25.1 Å². The summed E-state index contributed by atoms with van der Waals surface area (Å²) in [6.45, 7) is 0. The topological polar surface area (TPSA) is 37.3 Å². The lowest BCUT2D eigenvalue weighted by atomic mass is 10.1. The first-order valence-corrected chi connectivity index (χ1v) is 9.24. The Balaban J connectivity index is 1.90. The highest BCUT2D eigenvalue weighted by Crippen LogP contribution is 2.41. The summed E-state index contributed by atoms with van der Waals surface area (Å²) >= 11 is 5.29. The molecule has 0 amide bonds. The third kappa shape index (κ3) is 3.43. The van der Waals surface area contributed by atoms with Crippen LogP contribution in [0.1, 0.15) is 18.4 Å². The molecule has 0 aliphatic heterocycles. The van der Waals surface area contributed by atoms with E-state index in [1.54, 1.807) is 22.7 Å². The molecule has 3 aromatic rings. The summed E-state index contributed by atoms with van der Waals surface area (Å²) in [7, 11) is 0. The second-order valence-corrected chi connectivity index (χ2v) is 7.61. The molecular weight excluding hydrogens is 320 g/mol. The molecule has 0 aliphatic carbocycles. The van der Waals surface area contributed by atoms with E-state index in [2.05, 4.69) is 41.1 Å². The average Bonchev–Trinajstić information content (AvgIpc) is 3.19. The van der Waals surface area contributed by atoms with E-state index in [4.69, 9.17) is 5.11 Å². The Morgan fingerprint density at radius 1 is 1.05 bits per heavy atom. The van der Waals surface area contributed by atoms with Gasteiger partial charge in [-0.05, 0) is 47.4 Å². The molecule has 5 heteroatoms. The number of thiophene rings is 3. The van der Waals surface area contributed by atoms with Crippen molar-refractivity contribution in [3.05, 3.63) is 46.7 Å². The van der Waals surface area contributed by atoms with Crippen molar-refractivity contribution in [2.75, 3.05) is 0 Å². The summed E-state index contributed by atoms with van der Waals surface area (Å²) in [5.41, 5.74) is 1.27. The number of aliphatic carboxylic acids is 1. The molecule has 0 saturated carbocycles. The second-order valence-electron chi connectivity index (χ2n) is 4.67. The van der Waals surface area contributed by atoms with Gasteiger partial charge in [-0.3, -0.25) is 4.79 Å². The molecule has 0 aromatic carbocycles. The lowest BCUT2D eigenvalue weighted by Crippen LogP contribution is -1.95. The van der Waals surface area contributed by atoms with E-state index < -0.39 is 5.97 Å². The number of carboxylic acid groups (broad SMARTS) is 1. The van der Waals surface area contributed by atoms with E-state index >= 15 is 0 Å². The Labute approximate surface area is 135 Å². The molecule has 0 fully saturated rings. The zero-order valence-electron chi connectivity index (χ0n) is 11.2. The van der Waals surface area contributed by atoms with Crippen LogP contribution in [0.3, 0.4) is 0 Å². The van der Waals surface area contributed by atoms with Gasteiger partial charge in [0.25, 0.3) is 0 Å². The maximum atomic E-state index is 10.7. The van der Waals surface area contributed by atoms with Gasteiger partial charge in [0.1, 0.15) is 0 Å². The molecule has 3 aromatic heterocycles. The van der Waals surface area contributed by atoms with Crippen LogP contribution >= 0.6 is 34.0 Å². The SMILES string of the molecule is O=C(O)CCCc1cc(-c2cccs2)sc1-c1cccs1. The van der Waals surface area contributed by atoms with Gasteiger partial charge in [0.05, 0.1) is 0 Å². The fourth-order valence-corrected chi connectivity index (χ4v) is 5.13. The van der Waals surface area contributed by atoms with Gasteiger partial charge < -0.3 is 5.11 Å². The largest absolute Gasteiger partial charge is 0.481 e. The molecule has 0 radical (unpaired) electrons. The van der Waals surface area contributed by atoms with Gasteiger partial charge in [0.15, 0.2) is 0 Å². The molecule has 0 aliphatic rings. The van der Waals surface area contributed by atoms with Gasteiger partial charge in [0.2, 0.25) is 0 Å². The van der Waals surface area contributed by atoms with Crippen molar-refractivity contribution in [1.29, 1.82) is 0 Å². The normalized spacial score (nSPS) is 10.9. The number of hydrogen-bond acceptors (Lipinski definition) is 4. The monoisotopic (exact) mass is 334 g/mol. The van der Waals surface area contributed by atoms with E-state index in [0.29, 0.717) is 6.42 Å². The third-order valence-electron chi connectivity index (χ3n) is 3.15. The molecular formula is C16H14O2S3. The number of hydrogen-bond donors (Lipinski definition) is 1. The first-order valence-electron chi connectivity index (χ1n) is 6.66. The zero-order valence-corrected chi connectivity index (χ0v) is 13.7. The first kappa shape index (κ1) is 14.5. The van der Waals surface area contributed by atoms with Crippen LogP contribution in [0.5, 0.6) is 0 Å². The van der Waals surface area contributed by atoms with Crippen LogP contribution in [-0.4, -0.2) is 11.1 Å². The van der Waals surface area contributed by atoms with E-state index in [0.717, 1.165) is 6.42 Å². The third-order valence-corrected chi connectivity index (χ3v) is 6.45. The summed E-state index contributed by atoms with van der Waals surface area (Å²) < 4.78 is 0. The Hall–Kier alpha value is -1.43. The van der Waals surface area contributed by atoms with Crippen LogP contribution < -0.4 is 0 Å². The standard InChI is InChI=1S/C16H14O2S3/c17-15(18)7-1-4-11-10-14(12-5-2-8-19-12)21-16(11)13-6-3-9-20-13/h2-3,5-6,8-10H,1,4,7H2,(H,17,18). The lowest BCUT2D eigenvalue weighted by Gasteiger charge is -2.00. The summed E-state index contributed by atoms with van der Waals surface area (Å²) in [5, 5.41) is 13.0. The van der Waals surface area contributed by atoms with Crippen molar-refractivity contribution in [3.8, 4) is 19.5 Å². The molecule has 3 heterocycles. The zero-order chi connectivity index (χ0) is 14.7. The van der Waals surface area contributed by atoms with Crippen molar-refractivity contribution in [2.24, 2.45) is 0 Å². The van der Waals surface area contributed by atoms with Gasteiger partial charge in [-0.2, -0.15) is 0 Å². The van der Waals surface area contributed by atoms with Crippen LogP contribution in [0, 0.1) is 0 Å². The molecule has 21 heavy (non-hydrogen) atoms. The summed E-state index contributed by atoms with van der Waals surface area (Å²) in [5.74, 6) is -0.721. The Morgan fingerprint density at radius 3 is 2.38 bits per heavy atom. The smallest absolute Gasteiger partial charge is 0.303 e. The summed E-state index contributed by atoms with van der Waals surface area (Å²) in [4.78, 5) is 15.8. The maximum absolute atomic E-state index is 10.7. The van der Waals surface area contributed by atoms with Crippen molar-refractivity contribution in [3.63, 3.8) is 0 Å². The van der Waals surface area contributed by atoms with Crippen molar-refractivity contribution < 1.29 is 9.90 Å². The molecule has 0 atom stereocenters. The number of carboxylic acids is 1. The highest BCUT2D eigenvalue weighted by Gasteiger charge is 2.14. The molecule has 108 valence electrons. The molecule has 1 N–H and O–H groups in total. The predicted molar refractivity (Wildman–Crippen MR) is 91.5 cm³/mol. The van der Waals surface area contributed by atoms with E-state index in [9.17, 15) is 4.79 Å². The van der Waals surface area contributed by atoms with Gasteiger partial charge in [-0.25, -0.2) is 0 Å². The van der Waals surface area contributed by atoms with E-state index in [1.807, 2.05) is 11.3 Å². The quantitative estimate of drug-likeness (QED) is 0.636. The summed E-state index contributed by atoms with van der Waals surface area (Å²) in [6.07, 6.45) is 1.74. The fraction of sp³-hybridized carbons (Fsp3) is 0.188. The van der Waals surface area contributed by atoms with Crippen LogP contribution in [0.4, 0.5) is 0 Å². The maximum Gasteiger partial charge on any atom is 0.303 e. The Kier molecular flexibility index (Phi) is 4.53. The molecule has 3 rings (SSSR count). The molecule has 0 unspecified atom stereocenters. The Bertz CT molecular complexity index is 709. The summed E-state index contributed by atoms with van der Waals surface area (Å²) in [6, 6.07) is 10.6. The van der Waals surface area contributed by atoms with Crippen LogP contribution in [-0.2, 0) is 11.2 Å². The van der Waals surface area contributed by atoms with Crippen molar-refractivity contribution in [2.45, 2.75) is 19.3 Å². The van der Waals surface area contributed by atoms with Gasteiger partial charge in [-0.15, -0.1) is 34.0 Å². The second kappa shape index (κ2) is 6.56. The molecule has 0 saturated heterocycles. The highest BCUT2D eigenvalue weighted by molar-refractivity contribution is 7.26. The van der Waals surface area contributed by atoms with Crippen LogP contribution in [0.2, 0.25) is 0 Å². The van der Waals surface area contributed by atoms with Crippen molar-refractivity contribution in [1.82, 2.24) is 0 Å². The molecule has 0 bridgehead atoms. The minimum Gasteiger partial charge on any atom is -0.481 e. The first-order chi connectivity index (χ1) is 10.2. The molecule has 0 spiro atoms. The van der Waals surface area contributed by atoms with Crippen molar-refractivity contribution >= 4 is 40.0 Å². The minimum atomic E-state index is -0.721. The lowest BCUT2D eigenvalue weighted by molar-refractivity contribution is -0.137. The van der Waals surface area contributed by atoms with Gasteiger partial charge in [-0.1, -0.05) is 12.1 Å². The van der Waals surface area contributed by atoms with Crippen LogP contribution in [0.15, 0.2) is 41.1 Å². The van der Waals surface area contributed by atoms with Crippen LogP contribution in [0.25, 0.3) is 19.5 Å². The number of carbonyl (C=O) groups is 1. The van der Waals surface area contributed by atoms with Gasteiger partial charge >= 0.3 is 5.97 Å². The predicted octanol–water partition coefficient (Wildman–Crippen LogP) is 5.61. The number of aryl methyl sites for hydroxylation is 1. The van der Waals surface area contributed by atoms with E-state index in [-0.39, 0.29) is 6.42 Å². The average molecular weight is 334 g/mol. The highest BCUT2D eigenvalue weighted by atomic mass is 32.1. The Morgan fingerprint density at radius 2 is 1.76 bits per heavy atom.